The van der Waals surface area contributed by atoms with Crippen LogP contribution in [0.5, 0.6) is 0 Å². The number of halogens is 2. The molecule has 3 aromatic rings. The third-order valence-corrected chi connectivity index (χ3v) is 8.40. The summed E-state index contributed by atoms with van der Waals surface area (Å²) in [5, 5.41) is 1.78. The van der Waals surface area contributed by atoms with Gasteiger partial charge in [0.1, 0.15) is 4.83 Å². The highest BCUT2D eigenvalue weighted by molar-refractivity contribution is 7.27. The molecule has 2 aliphatic carbocycles. The van der Waals surface area contributed by atoms with Crippen molar-refractivity contribution in [1.82, 2.24) is 4.98 Å². The molecule has 2 heterocycles. The van der Waals surface area contributed by atoms with Crippen LogP contribution in [0.2, 0.25) is 10.0 Å². The molecule has 28 heavy (non-hydrogen) atoms. The molecule has 1 aromatic carbocycles. The number of thiazole rings is 1. The highest BCUT2D eigenvalue weighted by atomic mass is 35.5. The number of thiophene rings is 1. The number of aromatic nitrogens is 1. The number of rotatable bonds is 2. The van der Waals surface area contributed by atoms with E-state index in [0.717, 1.165) is 14.4 Å². The van der Waals surface area contributed by atoms with E-state index in [0.29, 0.717) is 17.0 Å². The number of Topliss-reactive ketones (excluding diaryl/α,β-unsaturated/α-hetero) is 2. The molecule has 7 heteroatoms. The number of hydrogen-bond acceptors (Lipinski definition) is 5. The molecule has 5 rings (SSSR count). The summed E-state index contributed by atoms with van der Waals surface area (Å²) in [5.41, 5.74) is 0.804. The average molecular weight is 448 g/mol. The van der Waals surface area contributed by atoms with Gasteiger partial charge >= 0.3 is 0 Å². The number of fused-ring (bicyclic) bond motifs is 2. The van der Waals surface area contributed by atoms with E-state index < -0.39 is 0 Å². The maximum absolute atomic E-state index is 12.7. The van der Waals surface area contributed by atoms with Gasteiger partial charge in [0, 0.05) is 21.9 Å². The van der Waals surface area contributed by atoms with Crippen molar-refractivity contribution in [2.75, 3.05) is 0 Å². The summed E-state index contributed by atoms with van der Waals surface area (Å²) in [7, 11) is 0. The third-order valence-electron chi connectivity index (χ3n) is 5.40. The van der Waals surface area contributed by atoms with Crippen LogP contribution >= 0.6 is 45.9 Å². The van der Waals surface area contributed by atoms with E-state index in [1.165, 1.54) is 60.6 Å². The minimum absolute atomic E-state index is 0.162. The average Bonchev–Trinajstić information content (AvgIpc) is 3.31. The van der Waals surface area contributed by atoms with Crippen LogP contribution in [-0.4, -0.2) is 16.6 Å². The van der Waals surface area contributed by atoms with Gasteiger partial charge in [0.25, 0.3) is 0 Å². The van der Waals surface area contributed by atoms with Crippen molar-refractivity contribution >= 4 is 73.0 Å². The Morgan fingerprint density at radius 2 is 1.57 bits per heavy atom. The summed E-state index contributed by atoms with van der Waals surface area (Å²) in [4.78, 5) is 32.1. The van der Waals surface area contributed by atoms with Crippen LogP contribution in [0.4, 0.5) is 0 Å². The van der Waals surface area contributed by atoms with Crippen LogP contribution in [0, 0.1) is 0 Å². The molecule has 2 aliphatic rings. The molecule has 0 atom stereocenters. The Labute approximate surface area is 180 Å². The molecule has 0 bridgehead atoms. The second kappa shape index (κ2) is 7.06. The Balaban J connectivity index is 1.47. The summed E-state index contributed by atoms with van der Waals surface area (Å²) in [6, 6.07) is 4.98. The standard InChI is InChI=1S/C21H15Cl2NO2S2/c22-15-8-12-13(9-16(15)23)19(26)14(18(12)25)6-11-7-17-21(27-11)24-20(28-17)10-4-2-1-3-5-10/h6-10H,1-5H2. The molecule has 1 fully saturated rings. The molecule has 0 radical (unpaired) electrons. The van der Waals surface area contributed by atoms with E-state index >= 15 is 0 Å². The maximum Gasteiger partial charge on any atom is 0.197 e. The topological polar surface area (TPSA) is 47.0 Å². The van der Waals surface area contributed by atoms with Gasteiger partial charge in [0.2, 0.25) is 0 Å². The van der Waals surface area contributed by atoms with E-state index in [2.05, 4.69) is 0 Å². The van der Waals surface area contributed by atoms with Gasteiger partial charge in [-0.25, -0.2) is 4.98 Å². The molecular weight excluding hydrogens is 433 g/mol. The third kappa shape index (κ3) is 3.05. The Bertz CT molecular complexity index is 1090. The molecule has 142 valence electrons. The van der Waals surface area contributed by atoms with E-state index in [9.17, 15) is 9.59 Å². The number of hydrogen-bond donors (Lipinski definition) is 0. The highest BCUT2D eigenvalue weighted by Crippen LogP contribution is 2.40. The molecular formula is C21H15Cl2NO2S2. The second-order valence-corrected chi connectivity index (χ2v) is 10.2. The Morgan fingerprint density at radius 3 is 2.18 bits per heavy atom. The molecule has 0 amide bonds. The van der Waals surface area contributed by atoms with Crippen LogP contribution in [0.1, 0.15) is 68.6 Å². The van der Waals surface area contributed by atoms with Crippen molar-refractivity contribution in [3.8, 4) is 0 Å². The van der Waals surface area contributed by atoms with Crippen molar-refractivity contribution in [3.05, 3.63) is 54.8 Å². The normalized spacial score (nSPS) is 17.6. The minimum atomic E-state index is -0.300. The van der Waals surface area contributed by atoms with E-state index in [1.54, 1.807) is 17.4 Å². The lowest BCUT2D eigenvalue weighted by atomic mass is 9.90. The highest BCUT2D eigenvalue weighted by Gasteiger charge is 2.34. The van der Waals surface area contributed by atoms with E-state index in [-0.39, 0.29) is 27.2 Å². The molecule has 0 N–H and O–H groups in total. The van der Waals surface area contributed by atoms with Crippen LogP contribution in [0.15, 0.2) is 23.8 Å². The second-order valence-electron chi connectivity index (χ2n) is 7.23. The SMILES string of the molecule is O=C1C(=Cc2cc3sc(C4CCCCC4)nc3s2)C(=O)c2cc(Cl)c(Cl)cc21. The number of ketones is 2. The van der Waals surface area contributed by atoms with Crippen LogP contribution in [0.3, 0.4) is 0 Å². The minimum Gasteiger partial charge on any atom is -0.288 e. The molecule has 3 nitrogen and oxygen atoms in total. The first-order valence-corrected chi connectivity index (χ1v) is 11.6. The fourth-order valence-electron chi connectivity index (χ4n) is 3.95. The number of nitrogens with zero attached hydrogens (tertiary/aromatic N) is 1. The summed E-state index contributed by atoms with van der Waals surface area (Å²) >= 11 is 15.3. The Hall–Kier alpha value is -1.53. The van der Waals surface area contributed by atoms with Crippen LogP contribution in [0.25, 0.3) is 15.6 Å². The van der Waals surface area contributed by atoms with Gasteiger partial charge in [-0.3, -0.25) is 9.59 Å². The fourth-order valence-corrected chi connectivity index (χ4v) is 6.63. The first-order chi connectivity index (χ1) is 13.5. The predicted molar refractivity (Wildman–Crippen MR) is 116 cm³/mol. The lowest BCUT2D eigenvalue weighted by molar-refractivity contribution is 0.0990. The van der Waals surface area contributed by atoms with Gasteiger partial charge in [-0.15, -0.1) is 22.7 Å². The van der Waals surface area contributed by atoms with Crippen LogP contribution in [-0.2, 0) is 0 Å². The summed E-state index contributed by atoms with van der Waals surface area (Å²) in [6.07, 6.45) is 8.02. The fraction of sp³-hybridized carbons (Fsp3) is 0.286. The van der Waals surface area contributed by atoms with Gasteiger partial charge in [-0.1, -0.05) is 42.5 Å². The molecule has 0 saturated heterocycles. The molecule has 0 spiro atoms. The number of allylic oxidation sites excluding steroid dienone is 1. The molecule has 2 aromatic heterocycles. The smallest absolute Gasteiger partial charge is 0.197 e. The quantitative estimate of drug-likeness (QED) is 0.308. The molecule has 0 aliphatic heterocycles. The monoisotopic (exact) mass is 447 g/mol. The van der Waals surface area contributed by atoms with Gasteiger partial charge in [0.15, 0.2) is 11.6 Å². The molecule has 0 unspecified atom stereocenters. The van der Waals surface area contributed by atoms with Crippen molar-refractivity contribution in [2.45, 2.75) is 38.0 Å². The lowest BCUT2D eigenvalue weighted by Gasteiger charge is -2.18. The summed E-state index contributed by atoms with van der Waals surface area (Å²) < 4.78 is 1.12. The largest absolute Gasteiger partial charge is 0.288 e. The molecule has 1 saturated carbocycles. The first kappa shape index (κ1) is 18.5. The van der Waals surface area contributed by atoms with Gasteiger partial charge in [0.05, 0.1) is 25.3 Å². The van der Waals surface area contributed by atoms with Gasteiger partial charge in [-0.2, -0.15) is 0 Å². The Kier molecular flexibility index (Phi) is 4.67. The zero-order valence-electron chi connectivity index (χ0n) is 14.8. The van der Waals surface area contributed by atoms with E-state index in [1.807, 2.05) is 6.07 Å². The van der Waals surface area contributed by atoms with Crippen molar-refractivity contribution in [1.29, 1.82) is 0 Å². The number of carbonyl (C=O) groups is 2. The Morgan fingerprint density at radius 1 is 0.929 bits per heavy atom. The lowest BCUT2D eigenvalue weighted by Crippen LogP contribution is -2.03. The zero-order valence-corrected chi connectivity index (χ0v) is 17.9. The maximum atomic E-state index is 12.7. The van der Waals surface area contributed by atoms with Crippen molar-refractivity contribution < 1.29 is 9.59 Å². The van der Waals surface area contributed by atoms with Crippen molar-refractivity contribution in [2.24, 2.45) is 0 Å². The predicted octanol–water partition coefficient (Wildman–Crippen LogP) is 7.17. The number of benzene rings is 1. The van der Waals surface area contributed by atoms with Gasteiger partial charge in [-0.05, 0) is 37.1 Å². The van der Waals surface area contributed by atoms with Crippen molar-refractivity contribution in [3.63, 3.8) is 0 Å². The number of carbonyl (C=O) groups excluding carboxylic acids is 2. The summed E-state index contributed by atoms with van der Waals surface area (Å²) in [6.45, 7) is 0. The van der Waals surface area contributed by atoms with Gasteiger partial charge < -0.3 is 0 Å². The summed E-state index contributed by atoms with van der Waals surface area (Å²) in [5.74, 6) is -0.0144. The first-order valence-electron chi connectivity index (χ1n) is 9.21. The zero-order chi connectivity index (χ0) is 19.4. The van der Waals surface area contributed by atoms with Crippen LogP contribution < -0.4 is 0 Å². The van der Waals surface area contributed by atoms with E-state index in [4.69, 9.17) is 28.2 Å².